The summed E-state index contributed by atoms with van der Waals surface area (Å²) in [6, 6.07) is 8.89. The average molecular weight is 339 g/mol. The third-order valence-corrected chi connectivity index (χ3v) is 5.32. The molecule has 25 heavy (non-hydrogen) atoms. The van der Waals surface area contributed by atoms with E-state index < -0.39 is 0 Å². The van der Waals surface area contributed by atoms with Crippen molar-refractivity contribution in [3.8, 4) is 0 Å². The lowest BCUT2D eigenvalue weighted by atomic mass is 9.98. The Morgan fingerprint density at radius 1 is 1.20 bits per heavy atom. The second kappa shape index (κ2) is 8.32. The molecule has 2 heterocycles. The van der Waals surface area contributed by atoms with Gasteiger partial charge in [0.2, 0.25) is 5.91 Å². The molecule has 0 spiro atoms. The van der Waals surface area contributed by atoms with Crippen molar-refractivity contribution in [2.45, 2.75) is 65.0 Å². The molecule has 4 heteroatoms. The van der Waals surface area contributed by atoms with Crippen LogP contribution in [0.2, 0.25) is 0 Å². The Hall–Kier alpha value is -2.10. The number of aromatic nitrogens is 2. The lowest BCUT2D eigenvalue weighted by molar-refractivity contribution is -0.135. The summed E-state index contributed by atoms with van der Waals surface area (Å²) < 4.78 is 2.18. The number of hydrogen-bond donors (Lipinski definition) is 0. The minimum Gasteiger partial charge on any atom is -0.340 e. The summed E-state index contributed by atoms with van der Waals surface area (Å²) in [5.41, 5.74) is 2.52. The summed E-state index contributed by atoms with van der Waals surface area (Å²) in [7, 11) is 0. The lowest BCUT2D eigenvalue weighted by Crippen LogP contribution is -2.44. The molecule has 1 fully saturated rings. The van der Waals surface area contributed by atoms with E-state index in [9.17, 15) is 4.79 Å². The molecular formula is C21H29N3O. The summed E-state index contributed by atoms with van der Waals surface area (Å²) in [5, 5.41) is 0. The molecule has 1 saturated heterocycles. The number of imidazole rings is 1. The van der Waals surface area contributed by atoms with Gasteiger partial charge in [-0.05, 0) is 51.5 Å². The molecule has 0 aliphatic carbocycles. The third-order valence-electron chi connectivity index (χ3n) is 5.32. The number of aryl methyl sites for hydroxylation is 4. The van der Waals surface area contributed by atoms with Gasteiger partial charge < -0.3 is 9.47 Å². The quantitative estimate of drug-likeness (QED) is 0.800. The summed E-state index contributed by atoms with van der Waals surface area (Å²) in [4.78, 5) is 19.2. The zero-order valence-corrected chi connectivity index (χ0v) is 15.4. The van der Waals surface area contributed by atoms with Crippen molar-refractivity contribution in [3.63, 3.8) is 0 Å². The molecule has 1 unspecified atom stereocenters. The Kier molecular flexibility index (Phi) is 5.90. The highest BCUT2D eigenvalue weighted by Gasteiger charge is 2.26. The molecule has 1 atom stereocenters. The third kappa shape index (κ3) is 4.71. The van der Waals surface area contributed by atoms with Gasteiger partial charge in [-0.25, -0.2) is 4.98 Å². The number of rotatable bonds is 6. The molecule has 0 saturated carbocycles. The van der Waals surface area contributed by atoms with Gasteiger partial charge in [0.15, 0.2) is 0 Å². The minimum atomic E-state index is 0.313. The van der Waals surface area contributed by atoms with Crippen LogP contribution in [0.1, 0.15) is 49.1 Å². The standard InChI is InChI=1S/C21H29N3O/c1-17-6-8-19(9-7-17)10-11-21(25)24-14-4-3-5-20(24)12-15-23-16-13-22-18(23)2/h6-9,13,16,20H,3-5,10-12,14-15H2,1-2H3. The van der Waals surface area contributed by atoms with Gasteiger partial charge in [-0.15, -0.1) is 0 Å². The molecule has 2 aromatic rings. The van der Waals surface area contributed by atoms with Crippen molar-refractivity contribution >= 4 is 5.91 Å². The molecule has 0 N–H and O–H groups in total. The average Bonchev–Trinajstić information content (AvgIpc) is 3.04. The van der Waals surface area contributed by atoms with Crippen LogP contribution in [0.15, 0.2) is 36.7 Å². The van der Waals surface area contributed by atoms with Gasteiger partial charge in [0.1, 0.15) is 5.82 Å². The fraction of sp³-hybridized carbons (Fsp3) is 0.524. The minimum absolute atomic E-state index is 0.313. The van der Waals surface area contributed by atoms with Crippen LogP contribution >= 0.6 is 0 Å². The zero-order valence-electron chi connectivity index (χ0n) is 15.4. The Morgan fingerprint density at radius 3 is 2.72 bits per heavy atom. The van der Waals surface area contributed by atoms with Crippen LogP contribution in [0.4, 0.5) is 0 Å². The van der Waals surface area contributed by atoms with Gasteiger partial charge in [-0.3, -0.25) is 4.79 Å². The topological polar surface area (TPSA) is 38.1 Å². The maximum Gasteiger partial charge on any atom is 0.223 e. The van der Waals surface area contributed by atoms with Crippen LogP contribution in [0.25, 0.3) is 0 Å². The Balaban J connectivity index is 1.55. The van der Waals surface area contributed by atoms with Gasteiger partial charge in [-0.2, -0.15) is 0 Å². The summed E-state index contributed by atoms with van der Waals surface area (Å²) in [6.07, 6.45) is 9.85. The predicted molar refractivity (Wildman–Crippen MR) is 100 cm³/mol. The Labute approximate surface area is 150 Å². The molecule has 3 rings (SSSR count). The smallest absolute Gasteiger partial charge is 0.223 e. The van der Waals surface area contributed by atoms with E-state index in [1.807, 2.05) is 19.3 Å². The van der Waals surface area contributed by atoms with Crippen molar-refractivity contribution < 1.29 is 4.79 Å². The molecular weight excluding hydrogens is 310 g/mol. The highest BCUT2D eigenvalue weighted by molar-refractivity contribution is 5.77. The van der Waals surface area contributed by atoms with Gasteiger partial charge in [0.05, 0.1) is 0 Å². The molecule has 1 aromatic carbocycles. The summed E-state index contributed by atoms with van der Waals surface area (Å²) in [6.45, 7) is 5.99. The number of benzene rings is 1. The van der Waals surface area contributed by atoms with Crippen molar-refractivity contribution in [3.05, 3.63) is 53.6 Å². The maximum atomic E-state index is 12.8. The SMILES string of the molecule is Cc1ccc(CCC(=O)N2CCCCC2CCn2ccnc2C)cc1. The largest absolute Gasteiger partial charge is 0.340 e. The number of likely N-dealkylation sites (tertiary alicyclic amines) is 1. The van der Waals surface area contributed by atoms with Gasteiger partial charge in [-0.1, -0.05) is 29.8 Å². The van der Waals surface area contributed by atoms with Gasteiger partial charge in [0, 0.05) is 37.9 Å². The molecule has 134 valence electrons. The van der Waals surface area contributed by atoms with Crippen LogP contribution < -0.4 is 0 Å². The highest BCUT2D eigenvalue weighted by atomic mass is 16.2. The molecule has 1 aliphatic rings. The second-order valence-electron chi connectivity index (χ2n) is 7.18. The monoisotopic (exact) mass is 339 g/mol. The van der Waals surface area contributed by atoms with Crippen molar-refractivity contribution in [1.29, 1.82) is 0 Å². The van der Waals surface area contributed by atoms with E-state index in [0.29, 0.717) is 18.4 Å². The second-order valence-corrected chi connectivity index (χ2v) is 7.18. The molecule has 0 bridgehead atoms. The molecule has 1 aliphatic heterocycles. The molecule has 4 nitrogen and oxygen atoms in total. The van der Waals surface area contributed by atoms with Crippen LogP contribution in [0.5, 0.6) is 0 Å². The summed E-state index contributed by atoms with van der Waals surface area (Å²) in [5.74, 6) is 1.36. The zero-order chi connectivity index (χ0) is 17.6. The Bertz CT molecular complexity index is 689. The maximum absolute atomic E-state index is 12.8. The van der Waals surface area contributed by atoms with Crippen LogP contribution in [0.3, 0.4) is 0 Å². The first-order chi connectivity index (χ1) is 12.1. The van der Waals surface area contributed by atoms with Crippen molar-refractivity contribution in [2.75, 3.05) is 6.54 Å². The van der Waals surface area contributed by atoms with E-state index in [4.69, 9.17) is 0 Å². The van der Waals surface area contributed by atoms with E-state index in [1.54, 1.807) is 0 Å². The first-order valence-corrected chi connectivity index (χ1v) is 9.46. The molecule has 1 amide bonds. The summed E-state index contributed by atoms with van der Waals surface area (Å²) >= 11 is 0. The van der Waals surface area contributed by atoms with E-state index >= 15 is 0 Å². The normalized spacial score (nSPS) is 17.7. The molecule has 0 radical (unpaired) electrons. The molecule has 1 aromatic heterocycles. The number of piperidine rings is 1. The fourth-order valence-electron chi connectivity index (χ4n) is 3.71. The van der Waals surface area contributed by atoms with Crippen LogP contribution in [-0.4, -0.2) is 32.9 Å². The first-order valence-electron chi connectivity index (χ1n) is 9.46. The van der Waals surface area contributed by atoms with Crippen molar-refractivity contribution in [1.82, 2.24) is 14.5 Å². The lowest BCUT2D eigenvalue weighted by Gasteiger charge is -2.36. The fourth-order valence-corrected chi connectivity index (χ4v) is 3.71. The van der Waals surface area contributed by atoms with E-state index in [-0.39, 0.29) is 0 Å². The Morgan fingerprint density at radius 2 is 2.00 bits per heavy atom. The first kappa shape index (κ1) is 17.7. The number of hydrogen-bond acceptors (Lipinski definition) is 2. The van der Waals surface area contributed by atoms with E-state index in [0.717, 1.165) is 44.6 Å². The number of carbonyl (C=O) groups is 1. The van der Waals surface area contributed by atoms with Gasteiger partial charge in [0.25, 0.3) is 0 Å². The van der Waals surface area contributed by atoms with Gasteiger partial charge >= 0.3 is 0 Å². The van der Waals surface area contributed by atoms with E-state index in [1.165, 1.54) is 17.5 Å². The number of carbonyl (C=O) groups excluding carboxylic acids is 1. The van der Waals surface area contributed by atoms with Crippen LogP contribution in [-0.2, 0) is 17.8 Å². The number of nitrogens with zero attached hydrogens (tertiary/aromatic N) is 3. The highest BCUT2D eigenvalue weighted by Crippen LogP contribution is 2.22. The van der Waals surface area contributed by atoms with E-state index in [2.05, 4.69) is 45.6 Å². The van der Waals surface area contributed by atoms with Crippen molar-refractivity contribution in [2.24, 2.45) is 0 Å². The number of amides is 1. The van der Waals surface area contributed by atoms with Crippen LogP contribution in [0, 0.1) is 13.8 Å². The predicted octanol–water partition coefficient (Wildman–Crippen LogP) is 3.90.